The number of halogens is 1. The summed E-state index contributed by atoms with van der Waals surface area (Å²) >= 11 is 11.7. The summed E-state index contributed by atoms with van der Waals surface area (Å²) < 4.78 is 0.542. The number of alkyl halides is 1. The zero-order chi connectivity index (χ0) is 7.98. The summed E-state index contributed by atoms with van der Waals surface area (Å²) in [7, 11) is 0. The highest BCUT2D eigenvalue weighted by molar-refractivity contribution is 8.22. The third-order valence-corrected chi connectivity index (χ3v) is 2.30. The molecule has 0 spiro atoms. The van der Waals surface area contributed by atoms with E-state index in [-0.39, 0.29) is 6.00 Å². The Balaban J connectivity index is 3.80. The first-order valence-corrected chi connectivity index (χ1v) is 4.59. The van der Waals surface area contributed by atoms with Gasteiger partial charge in [-0.1, -0.05) is 30.9 Å². The summed E-state index contributed by atoms with van der Waals surface area (Å²) in [5.74, 6) is 0.869. The molecule has 0 amide bonds. The van der Waals surface area contributed by atoms with Gasteiger partial charge in [0, 0.05) is 0 Å². The summed E-state index contributed by atoms with van der Waals surface area (Å²) in [5.41, 5.74) is 0. The third kappa shape index (κ3) is 3.25. The minimum Gasteiger partial charge on any atom is -0.249 e. The molecular weight excluding hydrogens is 188 g/mol. The highest BCUT2D eigenvalue weighted by Gasteiger charge is 2.04. The quantitative estimate of drug-likeness (QED) is 0.221. The van der Waals surface area contributed by atoms with Crippen LogP contribution < -0.4 is 0 Å². The number of thiocarbonyl (C=S) groups is 1. The van der Waals surface area contributed by atoms with E-state index < -0.39 is 0 Å². The van der Waals surface area contributed by atoms with Gasteiger partial charge in [0.05, 0.1) is 0 Å². The van der Waals surface area contributed by atoms with Crippen molar-refractivity contribution in [3.05, 3.63) is 0 Å². The molecule has 0 aliphatic rings. The number of thioether (sulfide) groups is 1. The molecule has 0 saturated carbocycles. The van der Waals surface area contributed by atoms with Gasteiger partial charge in [0.15, 0.2) is 10.5 Å². The van der Waals surface area contributed by atoms with E-state index in [1.54, 1.807) is 0 Å². The minimum absolute atomic E-state index is 0.141. The fourth-order valence-corrected chi connectivity index (χ4v) is 1.60. The van der Waals surface area contributed by atoms with Gasteiger partial charge in [-0.25, -0.2) is 4.90 Å². The van der Waals surface area contributed by atoms with Gasteiger partial charge < -0.3 is 0 Å². The second-order valence-corrected chi connectivity index (χ2v) is 3.48. The van der Waals surface area contributed by atoms with Crippen LogP contribution in [-0.2, 0) is 0 Å². The highest BCUT2D eigenvalue weighted by atomic mass is 35.5. The maximum absolute atomic E-state index is 8.41. The van der Waals surface area contributed by atoms with Crippen molar-refractivity contribution in [2.24, 2.45) is 0 Å². The molecule has 5 heteroatoms. The van der Waals surface area contributed by atoms with Crippen LogP contribution in [0, 0.1) is 11.5 Å². The maximum atomic E-state index is 8.41. The molecular formula is C5H7ClN2S2. The maximum Gasteiger partial charge on any atom is 0.186 e. The number of nitriles is 1. The van der Waals surface area contributed by atoms with Crippen molar-refractivity contribution in [1.82, 2.24) is 4.90 Å². The first kappa shape index (κ1) is 10.0. The van der Waals surface area contributed by atoms with Crippen molar-refractivity contribution in [1.29, 1.82) is 5.26 Å². The Labute approximate surface area is 75.1 Å². The van der Waals surface area contributed by atoms with Crippen LogP contribution in [0.25, 0.3) is 0 Å². The Hall–Kier alpha value is 0.0200. The van der Waals surface area contributed by atoms with Crippen molar-refractivity contribution in [2.75, 3.05) is 11.8 Å². The zero-order valence-corrected chi connectivity index (χ0v) is 7.89. The molecule has 0 N–H and O–H groups in total. The standard InChI is InChI=1S/C5H7ClN2S2/c1-2-10-5(9)8(3-6)4-7/h2-3H2,1H3. The third-order valence-electron chi connectivity index (χ3n) is 0.728. The van der Waals surface area contributed by atoms with Crippen LogP contribution in [0.15, 0.2) is 0 Å². The number of rotatable bonds is 2. The van der Waals surface area contributed by atoms with Gasteiger partial charge in [-0.05, 0) is 5.75 Å². The van der Waals surface area contributed by atoms with Gasteiger partial charge in [-0.3, -0.25) is 0 Å². The van der Waals surface area contributed by atoms with Crippen LogP contribution in [-0.4, -0.2) is 21.0 Å². The normalized spacial score (nSPS) is 8.50. The molecule has 0 bridgehead atoms. The highest BCUT2D eigenvalue weighted by Crippen LogP contribution is 2.07. The van der Waals surface area contributed by atoms with E-state index in [4.69, 9.17) is 29.1 Å². The Morgan fingerprint density at radius 1 is 1.90 bits per heavy atom. The van der Waals surface area contributed by atoms with E-state index in [1.807, 2.05) is 13.1 Å². The molecule has 0 rings (SSSR count). The Morgan fingerprint density at radius 3 is 2.80 bits per heavy atom. The molecule has 0 aliphatic heterocycles. The van der Waals surface area contributed by atoms with E-state index >= 15 is 0 Å². The van der Waals surface area contributed by atoms with E-state index in [0.29, 0.717) is 4.32 Å². The van der Waals surface area contributed by atoms with Crippen LogP contribution in [0.1, 0.15) is 6.92 Å². The Morgan fingerprint density at radius 2 is 2.50 bits per heavy atom. The second-order valence-electron chi connectivity index (χ2n) is 1.35. The topological polar surface area (TPSA) is 27.0 Å². The van der Waals surface area contributed by atoms with Crippen LogP contribution in [0.5, 0.6) is 0 Å². The van der Waals surface area contributed by atoms with Crippen LogP contribution in [0.4, 0.5) is 0 Å². The molecule has 0 aromatic heterocycles. The summed E-state index contributed by atoms with van der Waals surface area (Å²) in [4.78, 5) is 1.27. The molecule has 0 aromatic rings. The van der Waals surface area contributed by atoms with Gasteiger partial charge in [-0.15, -0.1) is 11.6 Å². The van der Waals surface area contributed by atoms with Gasteiger partial charge in [-0.2, -0.15) is 5.26 Å². The SMILES string of the molecule is CCSC(=S)N(C#N)CCl. The molecule has 0 unspecified atom stereocenters. The lowest BCUT2D eigenvalue weighted by molar-refractivity contribution is 0.705. The summed E-state index contributed by atoms with van der Waals surface area (Å²) in [6.07, 6.45) is 1.88. The number of hydrogen-bond donors (Lipinski definition) is 0. The molecule has 2 nitrogen and oxygen atoms in total. The fraction of sp³-hybridized carbons (Fsp3) is 0.600. The molecule has 0 aromatic carbocycles. The lowest BCUT2D eigenvalue weighted by Crippen LogP contribution is -2.19. The van der Waals surface area contributed by atoms with Crippen molar-refractivity contribution in [3.8, 4) is 6.19 Å². The molecule has 0 radical (unpaired) electrons. The van der Waals surface area contributed by atoms with Gasteiger partial charge in [0.25, 0.3) is 0 Å². The molecule has 0 fully saturated rings. The van der Waals surface area contributed by atoms with Crippen molar-refractivity contribution in [2.45, 2.75) is 6.92 Å². The van der Waals surface area contributed by atoms with E-state index in [1.165, 1.54) is 16.7 Å². The minimum atomic E-state index is 0.141. The monoisotopic (exact) mass is 194 g/mol. The van der Waals surface area contributed by atoms with Crippen LogP contribution in [0.2, 0.25) is 0 Å². The second kappa shape index (κ2) is 5.78. The van der Waals surface area contributed by atoms with Crippen molar-refractivity contribution >= 4 is 39.9 Å². The van der Waals surface area contributed by atoms with E-state index in [9.17, 15) is 0 Å². The predicted molar refractivity (Wildman–Crippen MR) is 48.9 cm³/mol. The largest absolute Gasteiger partial charge is 0.249 e. The van der Waals surface area contributed by atoms with Crippen molar-refractivity contribution < 1.29 is 0 Å². The lowest BCUT2D eigenvalue weighted by atomic mass is 10.9. The fourth-order valence-electron chi connectivity index (χ4n) is 0.318. The van der Waals surface area contributed by atoms with Gasteiger partial charge >= 0.3 is 0 Å². The smallest absolute Gasteiger partial charge is 0.186 e. The molecule has 0 atom stereocenters. The molecule has 56 valence electrons. The van der Waals surface area contributed by atoms with Gasteiger partial charge in [0.1, 0.15) is 6.00 Å². The Kier molecular flexibility index (Phi) is 5.79. The molecule has 0 heterocycles. The molecule has 0 aliphatic carbocycles. The van der Waals surface area contributed by atoms with E-state index in [0.717, 1.165) is 5.75 Å². The number of nitrogens with zero attached hydrogens (tertiary/aromatic N) is 2. The molecule has 10 heavy (non-hydrogen) atoms. The van der Waals surface area contributed by atoms with Crippen LogP contribution in [0.3, 0.4) is 0 Å². The first-order valence-electron chi connectivity index (χ1n) is 2.66. The predicted octanol–water partition coefficient (Wildman–Crippen LogP) is 2.00. The Bertz CT molecular complexity index is 154. The van der Waals surface area contributed by atoms with Crippen molar-refractivity contribution in [3.63, 3.8) is 0 Å². The molecule has 0 saturated heterocycles. The lowest BCUT2D eigenvalue weighted by Gasteiger charge is -2.09. The van der Waals surface area contributed by atoms with Crippen LogP contribution >= 0.6 is 35.6 Å². The summed E-state index contributed by atoms with van der Waals surface area (Å²) in [6, 6.07) is 0.141. The number of hydrogen-bond acceptors (Lipinski definition) is 3. The summed E-state index contributed by atoms with van der Waals surface area (Å²) in [6.45, 7) is 1.97. The average Bonchev–Trinajstić information content (AvgIpc) is 1.91. The van der Waals surface area contributed by atoms with E-state index in [2.05, 4.69) is 0 Å². The first-order chi connectivity index (χ1) is 4.76. The van der Waals surface area contributed by atoms with Gasteiger partial charge in [0.2, 0.25) is 0 Å². The average molecular weight is 195 g/mol. The summed E-state index contributed by atoms with van der Waals surface area (Å²) in [5, 5.41) is 8.41. The zero-order valence-electron chi connectivity index (χ0n) is 5.50.